The molecule has 2 heterocycles. The number of nitrogens with zero attached hydrogens (tertiary/aromatic N) is 2. The van der Waals surface area contributed by atoms with Crippen molar-refractivity contribution in [2.75, 3.05) is 19.4 Å². The minimum absolute atomic E-state index is 0. The fourth-order valence-electron chi connectivity index (χ4n) is 3.39. The molecule has 0 unspecified atom stereocenters. The van der Waals surface area contributed by atoms with Crippen LogP contribution in [0.3, 0.4) is 0 Å². The number of hydrogen-bond acceptors (Lipinski definition) is 7. The van der Waals surface area contributed by atoms with Crippen molar-refractivity contribution >= 4 is 42.5 Å². The first-order valence-corrected chi connectivity index (χ1v) is 11.7. The second-order valence-corrected chi connectivity index (χ2v) is 9.40. The van der Waals surface area contributed by atoms with Crippen LogP contribution in [-0.2, 0) is 11.0 Å². The molecule has 162 valence electrons. The fourth-order valence-corrected chi connectivity index (χ4v) is 4.77. The van der Waals surface area contributed by atoms with Crippen LogP contribution in [0.5, 0.6) is 0 Å². The van der Waals surface area contributed by atoms with Crippen LogP contribution < -0.4 is 74.2 Å². The molecule has 1 saturated heterocycles. The average Bonchev–Trinajstić information content (AvgIpc) is 3.10. The Morgan fingerprint density at radius 1 is 1.19 bits per heavy atom. The number of hydrogen-bond donors (Lipinski definition) is 2. The van der Waals surface area contributed by atoms with Crippen LogP contribution in [0.4, 0.5) is 0 Å². The Bertz CT molecular complexity index is 975. The first kappa shape index (κ1) is 30.3. The molecule has 32 heavy (non-hydrogen) atoms. The zero-order valence-corrected chi connectivity index (χ0v) is 24.2. The largest absolute Gasteiger partial charge is 1.00 e. The van der Waals surface area contributed by atoms with Gasteiger partial charge >= 0.3 is 59.1 Å². The van der Waals surface area contributed by atoms with Crippen LogP contribution >= 0.6 is 30.8 Å². The number of carbonyl (C=O) groups is 2. The number of amides is 1. The van der Waals surface area contributed by atoms with Crippen molar-refractivity contribution in [1.82, 2.24) is 20.4 Å². The Kier molecular flexibility index (Phi) is 12.7. The molecule has 2 N–H and O–H groups in total. The number of H-pyrrole nitrogens is 1. The predicted octanol–water partition coefficient (Wildman–Crippen LogP) is -4.78. The third-order valence-electron chi connectivity index (χ3n) is 4.83. The van der Waals surface area contributed by atoms with Gasteiger partial charge in [-0.05, 0) is 25.0 Å². The van der Waals surface area contributed by atoms with Gasteiger partial charge in [0.05, 0.1) is 21.8 Å². The molecule has 1 aromatic carbocycles. The summed E-state index contributed by atoms with van der Waals surface area (Å²) in [4.78, 5) is 48.6. The first-order chi connectivity index (χ1) is 14.1. The van der Waals surface area contributed by atoms with Gasteiger partial charge in [-0.2, -0.15) is 5.10 Å². The summed E-state index contributed by atoms with van der Waals surface area (Å²) >= 11 is 12.2. The van der Waals surface area contributed by atoms with Crippen molar-refractivity contribution in [3.63, 3.8) is 0 Å². The van der Waals surface area contributed by atoms with E-state index in [1.54, 1.807) is 23.1 Å². The molecule has 0 bridgehead atoms. The number of aromatic amines is 1. The summed E-state index contributed by atoms with van der Waals surface area (Å²) in [7, 11) is -4.60. The normalized spacial score (nSPS) is 14.9. The second-order valence-electron chi connectivity index (χ2n) is 7.08. The summed E-state index contributed by atoms with van der Waals surface area (Å²) in [6.07, 6.45) is 1.79. The van der Waals surface area contributed by atoms with Gasteiger partial charge in [0.2, 0.25) is 0 Å². The zero-order valence-electron chi connectivity index (χ0n) is 17.8. The zero-order chi connectivity index (χ0) is 21.9. The smallest absolute Gasteiger partial charge is 0.810 e. The van der Waals surface area contributed by atoms with E-state index in [1.807, 2.05) is 0 Å². The molecule has 1 aliphatic rings. The molecule has 2 aromatic rings. The van der Waals surface area contributed by atoms with Gasteiger partial charge < -0.3 is 19.7 Å². The van der Waals surface area contributed by atoms with Crippen molar-refractivity contribution in [3.05, 3.63) is 51.3 Å². The topological polar surface area (TPSA) is 141 Å². The van der Waals surface area contributed by atoms with Crippen LogP contribution in [-0.4, -0.2) is 52.2 Å². The van der Waals surface area contributed by atoms with Gasteiger partial charge in [0.1, 0.15) is 5.69 Å². The van der Waals surface area contributed by atoms with Crippen molar-refractivity contribution in [2.45, 2.75) is 25.3 Å². The molecule has 9 nitrogen and oxygen atoms in total. The summed E-state index contributed by atoms with van der Waals surface area (Å²) in [6, 6.07) is 4.58. The molecule has 0 radical (unpaired) electrons. The van der Waals surface area contributed by atoms with Crippen molar-refractivity contribution in [2.24, 2.45) is 0 Å². The van der Waals surface area contributed by atoms with E-state index in [0.29, 0.717) is 31.5 Å². The number of ketones is 1. The number of rotatable bonds is 7. The molecule has 0 aliphatic carbocycles. The van der Waals surface area contributed by atoms with E-state index in [4.69, 9.17) is 23.2 Å². The second kappa shape index (κ2) is 13.4. The van der Waals surface area contributed by atoms with E-state index in [-0.39, 0.29) is 98.7 Å². The number of carbonyl (C=O) groups excluding carboxylic acids is 2. The first-order valence-electron chi connectivity index (χ1n) is 9.18. The molecular formula is C18H19Cl2N4Na2O5P. The van der Waals surface area contributed by atoms with Crippen LogP contribution in [0, 0.1) is 0 Å². The molecule has 1 aliphatic heterocycles. The number of Topliss-reactive ketones (excluding diaryl/α,β-unsaturated/α-hetero) is 1. The molecule has 0 saturated carbocycles. The number of halogens is 2. The van der Waals surface area contributed by atoms with Gasteiger partial charge in [-0.3, -0.25) is 19.6 Å². The third kappa shape index (κ3) is 8.48. The number of benzene rings is 1. The summed E-state index contributed by atoms with van der Waals surface area (Å²) < 4.78 is 10.9. The Morgan fingerprint density at radius 2 is 1.78 bits per heavy atom. The number of piperidine rings is 1. The average molecular weight is 519 g/mol. The minimum Gasteiger partial charge on any atom is -0.810 e. The summed E-state index contributed by atoms with van der Waals surface area (Å²) in [6.45, 7) is 0.775. The van der Waals surface area contributed by atoms with Gasteiger partial charge in [-0.15, -0.1) is 0 Å². The molecule has 0 spiro atoms. The van der Waals surface area contributed by atoms with E-state index in [2.05, 4.69) is 15.5 Å². The van der Waals surface area contributed by atoms with Gasteiger partial charge in [0, 0.05) is 37.4 Å². The maximum atomic E-state index is 12.7. The molecule has 1 amide bonds. The number of likely N-dealkylation sites (tertiary alicyclic amines) is 1. The quantitative estimate of drug-likeness (QED) is 0.213. The fraction of sp³-hybridized carbons (Fsp3) is 0.389. The summed E-state index contributed by atoms with van der Waals surface area (Å²) in [5.41, 5.74) is 0.761. The maximum absolute atomic E-state index is 12.7. The monoisotopic (exact) mass is 518 g/mol. The van der Waals surface area contributed by atoms with Crippen LogP contribution in [0.1, 0.15) is 39.3 Å². The number of nitrogens with one attached hydrogen (secondary N) is 2. The van der Waals surface area contributed by atoms with Gasteiger partial charge in [0.25, 0.3) is 5.91 Å². The molecule has 0 atom stereocenters. The van der Waals surface area contributed by atoms with Crippen molar-refractivity contribution < 1.29 is 83.1 Å². The van der Waals surface area contributed by atoms with Gasteiger partial charge in [-0.25, -0.2) is 0 Å². The molecule has 14 heteroatoms. The van der Waals surface area contributed by atoms with Crippen molar-refractivity contribution in [1.29, 1.82) is 0 Å². The Balaban J connectivity index is 0.00000256. The van der Waals surface area contributed by atoms with E-state index in [0.717, 1.165) is 0 Å². The summed E-state index contributed by atoms with van der Waals surface area (Å²) in [5, 5.41) is 9.80. The van der Waals surface area contributed by atoms with Gasteiger partial charge in [0.15, 0.2) is 5.78 Å². The maximum Gasteiger partial charge on any atom is 1.00 e. The Hall–Kier alpha value is 0.260. The van der Waals surface area contributed by atoms with E-state index < -0.39 is 19.8 Å². The molecule has 3 rings (SSSR count). The van der Waals surface area contributed by atoms with Crippen LogP contribution in [0.2, 0.25) is 10.0 Å². The number of aromatic nitrogens is 2. The Morgan fingerprint density at radius 3 is 2.34 bits per heavy atom. The molecule has 1 fully saturated rings. The Labute approximate surface area is 239 Å². The SMILES string of the molecule is O=C(NC1CCN(CP(=O)([O-])[O-])CC1)c1[nH]ncc1CC(=O)c1c(Cl)cccc1Cl.[Na+].[Na+]. The standard InChI is InChI=1S/C18H21Cl2N4O5P.2Na/c19-13-2-1-3-14(20)16(13)15(25)8-11-9-21-23-17(11)18(26)22-12-4-6-24(7-5-12)10-30(27,28)29;;/h1-3,9,12H,4-8,10H2,(H,21,23)(H,22,26)(H2,27,28,29);;/q;2*+1/p-2. The van der Waals surface area contributed by atoms with E-state index in [9.17, 15) is 23.9 Å². The van der Waals surface area contributed by atoms with Gasteiger partial charge in [-0.1, -0.05) is 36.9 Å². The van der Waals surface area contributed by atoms with Crippen LogP contribution in [0.25, 0.3) is 0 Å². The third-order valence-corrected chi connectivity index (χ3v) is 6.21. The van der Waals surface area contributed by atoms with E-state index >= 15 is 0 Å². The molecule has 1 aromatic heterocycles. The van der Waals surface area contributed by atoms with Crippen molar-refractivity contribution in [3.8, 4) is 0 Å². The van der Waals surface area contributed by atoms with Crippen LogP contribution in [0.15, 0.2) is 24.4 Å². The minimum atomic E-state index is -4.60. The predicted molar refractivity (Wildman–Crippen MR) is 108 cm³/mol. The summed E-state index contributed by atoms with van der Waals surface area (Å²) in [5.74, 6) is -0.758. The molecular weight excluding hydrogens is 500 g/mol. The van der Waals surface area contributed by atoms with E-state index in [1.165, 1.54) is 6.20 Å².